The van der Waals surface area contributed by atoms with Crippen molar-refractivity contribution in [3.05, 3.63) is 35.9 Å². The zero-order valence-corrected chi connectivity index (χ0v) is 14.6. The first-order valence-electron chi connectivity index (χ1n) is 7.04. The minimum absolute atomic E-state index is 0.0457. The summed E-state index contributed by atoms with van der Waals surface area (Å²) in [4.78, 5) is 12.7. The smallest absolute Gasteiger partial charge is 0.194 e. The van der Waals surface area contributed by atoms with Gasteiger partial charge >= 0.3 is 0 Å². The van der Waals surface area contributed by atoms with Crippen molar-refractivity contribution in [3.63, 3.8) is 0 Å². The van der Waals surface area contributed by atoms with E-state index < -0.39 is 18.0 Å². The first-order chi connectivity index (χ1) is 9.83. The number of hydrogen-bond acceptors (Lipinski definition) is 4. The third kappa shape index (κ3) is 4.03. The highest BCUT2D eigenvalue weighted by Crippen LogP contribution is 2.34. The summed E-state index contributed by atoms with van der Waals surface area (Å²) in [7, 11) is 0. The number of hydrogen-bond donors (Lipinski definition) is 1. The highest BCUT2D eigenvalue weighted by Gasteiger charge is 2.47. The third-order valence-electron chi connectivity index (χ3n) is 3.62. The number of alkyl halides is 1. The molecule has 5 heteroatoms. The molecule has 21 heavy (non-hydrogen) atoms. The van der Waals surface area contributed by atoms with Crippen LogP contribution >= 0.6 is 22.6 Å². The number of ketones is 1. The molecule has 1 aliphatic heterocycles. The van der Waals surface area contributed by atoms with Crippen LogP contribution in [0.2, 0.25) is 0 Å². The van der Waals surface area contributed by atoms with Gasteiger partial charge in [-0.15, -0.1) is 0 Å². The predicted octanol–water partition coefficient (Wildman–Crippen LogP) is 2.82. The van der Waals surface area contributed by atoms with E-state index in [2.05, 4.69) is 22.6 Å². The van der Waals surface area contributed by atoms with Crippen LogP contribution in [-0.2, 0) is 9.47 Å². The Morgan fingerprint density at radius 2 is 2.00 bits per heavy atom. The second kappa shape index (κ2) is 6.73. The van der Waals surface area contributed by atoms with E-state index in [1.54, 1.807) is 26.0 Å². The zero-order valence-electron chi connectivity index (χ0n) is 12.5. The Kier molecular flexibility index (Phi) is 5.40. The average Bonchev–Trinajstić information content (AvgIpc) is 2.74. The molecule has 116 valence electrons. The molecule has 0 bridgehead atoms. The molecule has 0 amide bonds. The second-order valence-corrected chi connectivity index (χ2v) is 6.75. The normalized spacial score (nSPS) is 29.6. The maximum Gasteiger partial charge on any atom is 0.194 e. The highest BCUT2D eigenvalue weighted by molar-refractivity contribution is 14.1. The topological polar surface area (TPSA) is 55.8 Å². The number of Topliss-reactive ketones (excluding diaryl/α,β-unsaturated/α-hetero) is 1. The van der Waals surface area contributed by atoms with E-state index in [0.717, 1.165) is 4.43 Å². The predicted molar refractivity (Wildman–Crippen MR) is 88.7 cm³/mol. The monoisotopic (exact) mass is 404 g/mol. The van der Waals surface area contributed by atoms with Crippen LogP contribution in [-0.4, -0.2) is 39.4 Å². The lowest BCUT2D eigenvalue weighted by atomic mass is 9.94. The summed E-state index contributed by atoms with van der Waals surface area (Å²) in [5.74, 6) is -1.34. The first kappa shape index (κ1) is 16.9. The lowest BCUT2D eigenvalue weighted by Crippen LogP contribution is -2.41. The van der Waals surface area contributed by atoms with Crippen LogP contribution in [0.5, 0.6) is 0 Å². The van der Waals surface area contributed by atoms with Crippen LogP contribution in [0.3, 0.4) is 0 Å². The van der Waals surface area contributed by atoms with Gasteiger partial charge in [0.1, 0.15) is 6.10 Å². The van der Waals surface area contributed by atoms with Crippen LogP contribution in [0.25, 0.3) is 0 Å². The number of carbonyl (C=O) groups is 1. The molecule has 1 aliphatic rings. The summed E-state index contributed by atoms with van der Waals surface area (Å²) in [5.41, 5.74) is 0.605. The fourth-order valence-electron chi connectivity index (χ4n) is 2.53. The number of carbonyl (C=O) groups excluding carboxylic acids is 1. The molecule has 1 saturated heterocycles. The van der Waals surface area contributed by atoms with Crippen molar-refractivity contribution in [1.82, 2.24) is 0 Å². The van der Waals surface area contributed by atoms with Gasteiger partial charge in [-0.1, -0.05) is 59.8 Å². The van der Waals surface area contributed by atoms with Crippen molar-refractivity contribution in [3.8, 4) is 0 Å². The Morgan fingerprint density at radius 3 is 2.52 bits per heavy atom. The van der Waals surface area contributed by atoms with Gasteiger partial charge in [0.2, 0.25) is 0 Å². The van der Waals surface area contributed by atoms with E-state index in [9.17, 15) is 9.90 Å². The number of rotatable bonds is 5. The Hall–Kier alpha value is -0.500. The van der Waals surface area contributed by atoms with E-state index in [1.165, 1.54) is 0 Å². The van der Waals surface area contributed by atoms with Gasteiger partial charge in [0.25, 0.3) is 0 Å². The molecule has 1 N–H and O–H groups in total. The average molecular weight is 404 g/mol. The van der Waals surface area contributed by atoms with E-state index in [1.807, 2.05) is 25.1 Å². The Morgan fingerprint density at radius 1 is 1.38 bits per heavy atom. The van der Waals surface area contributed by atoms with Gasteiger partial charge in [-0.3, -0.25) is 4.79 Å². The van der Waals surface area contributed by atoms with E-state index in [-0.39, 0.29) is 17.8 Å². The van der Waals surface area contributed by atoms with Crippen molar-refractivity contribution >= 4 is 28.4 Å². The van der Waals surface area contributed by atoms with Gasteiger partial charge in [0, 0.05) is 15.9 Å². The van der Waals surface area contributed by atoms with Crippen molar-refractivity contribution in [1.29, 1.82) is 0 Å². The van der Waals surface area contributed by atoms with E-state index in [4.69, 9.17) is 9.47 Å². The van der Waals surface area contributed by atoms with Gasteiger partial charge < -0.3 is 14.6 Å². The third-order valence-corrected chi connectivity index (χ3v) is 4.49. The number of aliphatic hydroxyl groups is 1. The number of halogens is 1. The molecule has 1 aromatic carbocycles. The maximum absolute atomic E-state index is 12.7. The second-order valence-electron chi connectivity index (χ2n) is 5.87. The van der Waals surface area contributed by atoms with Crippen LogP contribution in [0, 0.1) is 5.92 Å². The standard InChI is InChI=1S/C16H21IO4/c1-10-12(9-17)20-15(14(10)21-16(2,3)19)13(18)11-7-5-4-6-8-11/h4-8,10,12,14-15,19H,9H2,1-3H3/t10-,12-,14-,15+/m1/s1. The summed E-state index contributed by atoms with van der Waals surface area (Å²) in [6, 6.07) is 9.07. The van der Waals surface area contributed by atoms with Crippen LogP contribution in [0.4, 0.5) is 0 Å². The molecule has 4 atom stereocenters. The van der Waals surface area contributed by atoms with Crippen molar-refractivity contribution < 1.29 is 19.4 Å². The molecule has 0 radical (unpaired) electrons. The summed E-state index contributed by atoms with van der Waals surface area (Å²) in [5, 5.41) is 9.93. The van der Waals surface area contributed by atoms with Crippen LogP contribution < -0.4 is 0 Å². The Labute approximate surface area is 139 Å². The Bertz CT molecular complexity index is 483. The molecule has 0 aromatic heterocycles. The molecular weight excluding hydrogens is 383 g/mol. The van der Waals surface area contributed by atoms with Gasteiger partial charge in [-0.25, -0.2) is 0 Å². The summed E-state index contributed by atoms with van der Waals surface area (Å²) in [6.07, 6.45) is -1.17. The summed E-state index contributed by atoms with van der Waals surface area (Å²) in [6.45, 7) is 5.14. The minimum atomic E-state index is -1.29. The minimum Gasteiger partial charge on any atom is -0.366 e. The van der Waals surface area contributed by atoms with Crippen molar-refractivity contribution in [2.75, 3.05) is 4.43 Å². The Balaban J connectivity index is 2.24. The van der Waals surface area contributed by atoms with Gasteiger partial charge in [0.05, 0.1) is 12.2 Å². The maximum atomic E-state index is 12.7. The first-order valence-corrected chi connectivity index (χ1v) is 8.57. The number of ether oxygens (including phenoxy) is 2. The summed E-state index contributed by atoms with van der Waals surface area (Å²) < 4.78 is 12.4. The van der Waals surface area contributed by atoms with Gasteiger partial charge in [-0.2, -0.15) is 0 Å². The van der Waals surface area contributed by atoms with E-state index in [0.29, 0.717) is 5.56 Å². The summed E-state index contributed by atoms with van der Waals surface area (Å²) >= 11 is 2.25. The molecule has 1 fully saturated rings. The zero-order chi connectivity index (χ0) is 15.6. The van der Waals surface area contributed by atoms with E-state index >= 15 is 0 Å². The lowest BCUT2D eigenvalue weighted by Gasteiger charge is -2.28. The molecule has 0 spiro atoms. The van der Waals surface area contributed by atoms with Crippen LogP contribution in [0.15, 0.2) is 30.3 Å². The van der Waals surface area contributed by atoms with Gasteiger partial charge in [0.15, 0.2) is 11.6 Å². The molecule has 0 unspecified atom stereocenters. The lowest BCUT2D eigenvalue weighted by molar-refractivity contribution is -0.216. The highest BCUT2D eigenvalue weighted by atomic mass is 127. The molecule has 2 rings (SSSR count). The largest absolute Gasteiger partial charge is 0.366 e. The SMILES string of the molecule is C[C@H]1[C@@H](OC(C)(C)O)[C@H](C(=O)c2ccccc2)O[C@@H]1CI. The van der Waals surface area contributed by atoms with Crippen molar-refractivity contribution in [2.24, 2.45) is 5.92 Å². The van der Waals surface area contributed by atoms with Gasteiger partial charge in [-0.05, 0) is 13.8 Å². The molecule has 4 nitrogen and oxygen atoms in total. The van der Waals surface area contributed by atoms with Crippen molar-refractivity contribution in [2.45, 2.75) is 44.9 Å². The molecule has 0 saturated carbocycles. The molecule has 0 aliphatic carbocycles. The number of benzene rings is 1. The molecule has 1 aromatic rings. The molecular formula is C16H21IO4. The fraction of sp³-hybridized carbons (Fsp3) is 0.562. The fourth-order valence-corrected chi connectivity index (χ4v) is 3.54. The van der Waals surface area contributed by atoms with Crippen LogP contribution in [0.1, 0.15) is 31.1 Å². The quantitative estimate of drug-likeness (QED) is 0.355. The molecule has 1 heterocycles.